The molecule has 0 aliphatic carbocycles. The number of hydrogen-bond acceptors (Lipinski definition) is 10. The van der Waals surface area contributed by atoms with Crippen LogP contribution < -0.4 is 10.1 Å². The van der Waals surface area contributed by atoms with Gasteiger partial charge in [-0.25, -0.2) is 0 Å². The summed E-state index contributed by atoms with van der Waals surface area (Å²) in [6.07, 6.45) is 3.05. The number of hydrogen-bond donors (Lipinski definition) is 1. The quantitative estimate of drug-likeness (QED) is 0.171. The molecule has 1 N–H and O–H groups in total. The number of carbonyl (C=O) groups excluding carboxylic acids is 1. The van der Waals surface area contributed by atoms with E-state index in [2.05, 4.69) is 14.7 Å². The van der Waals surface area contributed by atoms with Crippen molar-refractivity contribution in [3.05, 3.63) is 51.8 Å². The van der Waals surface area contributed by atoms with Gasteiger partial charge in [-0.15, -0.1) is 0 Å². The van der Waals surface area contributed by atoms with Crippen LogP contribution in [-0.2, 0) is 4.79 Å². The Kier molecular flexibility index (Phi) is 7.01. The highest BCUT2D eigenvalue weighted by Gasteiger charge is 2.20. The van der Waals surface area contributed by atoms with E-state index in [-0.39, 0.29) is 33.5 Å². The smallest absolute Gasteiger partial charge is 0.284 e. The van der Waals surface area contributed by atoms with E-state index in [0.29, 0.717) is 17.5 Å². The zero-order chi connectivity index (χ0) is 22.4. The molecule has 1 amide bonds. The third kappa shape index (κ3) is 5.27. The normalized spacial score (nSPS) is 11.1. The summed E-state index contributed by atoms with van der Waals surface area (Å²) in [5.41, 5.74) is -0.160. The molecule has 31 heavy (non-hydrogen) atoms. The number of nitrogens with one attached hydrogen (secondary N) is 1. The molecule has 0 fully saturated rings. The van der Waals surface area contributed by atoms with Gasteiger partial charge in [-0.3, -0.25) is 20.2 Å². The molecule has 10 nitrogen and oxygen atoms in total. The molecule has 3 aromatic rings. The van der Waals surface area contributed by atoms with Gasteiger partial charge in [0.05, 0.1) is 23.2 Å². The van der Waals surface area contributed by atoms with Crippen LogP contribution in [-0.4, -0.2) is 33.1 Å². The Balaban J connectivity index is 1.85. The van der Waals surface area contributed by atoms with E-state index in [0.717, 1.165) is 11.5 Å². The number of aromatic nitrogens is 2. The van der Waals surface area contributed by atoms with E-state index in [9.17, 15) is 20.2 Å². The number of rotatable bonds is 8. The first kappa shape index (κ1) is 22.0. The van der Waals surface area contributed by atoms with Crippen LogP contribution in [0.2, 0.25) is 0 Å². The number of nitriles is 1. The molecule has 0 spiro atoms. The molecule has 0 aliphatic heterocycles. The number of anilines is 1. The first-order valence-corrected chi connectivity index (χ1v) is 10.8. The third-order valence-corrected chi connectivity index (χ3v) is 5.13. The molecule has 12 heteroatoms. The molecule has 0 bridgehead atoms. The molecule has 0 saturated heterocycles. The summed E-state index contributed by atoms with van der Waals surface area (Å²) in [6.45, 7) is 2.15. The van der Waals surface area contributed by atoms with Crippen LogP contribution in [0, 0.1) is 21.4 Å². The van der Waals surface area contributed by atoms with E-state index >= 15 is 0 Å². The van der Waals surface area contributed by atoms with E-state index < -0.39 is 10.8 Å². The van der Waals surface area contributed by atoms with Crippen LogP contribution in [0.5, 0.6) is 5.75 Å². The highest BCUT2D eigenvalue weighted by atomic mass is 32.2. The maximum Gasteiger partial charge on any atom is 0.284 e. The monoisotopic (exact) mass is 457 g/mol. The summed E-state index contributed by atoms with van der Waals surface area (Å²) >= 11 is 2.33. The number of nitro groups is 1. The predicted molar refractivity (Wildman–Crippen MR) is 116 cm³/mol. The first-order chi connectivity index (χ1) is 14.9. The maximum atomic E-state index is 12.4. The summed E-state index contributed by atoms with van der Waals surface area (Å²) in [6, 6.07) is 9.28. The molecule has 0 unspecified atom stereocenters. The minimum atomic E-state index is -0.670. The molecular weight excluding hydrogens is 442 g/mol. The standard InChI is InChI=1S/C19H15N5O5S2/c1-3-28-12-4-6-14(15(9-12)24(26)27)16-7-5-13(29-16)8-11(10-20)17(25)21-18-22-19(30-2)23-31-18/h4-9H,3H2,1-2H3,(H,21,22,23,25)/b11-8-. The van der Waals surface area contributed by atoms with Crippen molar-refractivity contribution in [3.8, 4) is 23.1 Å². The fraction of sp³-hybridized carbons (Fsp3) is 0.158. The van der Waals surface area contributed by atoms with Crippen LogP contribution in [0.1, 0.15) is 12.7 Å². The molecule has 158 valence electrons. The van der Waals surface area contributed by atoms with Gasteiger partial charge in [0.2, 0.25) is 10.3 Å². The average molecular weight is 457 g/mol. The molecule has 0 radical (unpaired) electrons. The van der Waals surface area contributed by atoms with Crippen LogP contribution in [0.25, 0.3) is 17.4 Å². The second-order valence-electron chi connectivity index (χ2n) is 5.78. The minimum Gasteiger partial charge on any atom is -0.494 e. The van der Waals surface area contributed by atoms with Crippen molar-refractivity contribution in [1.82, 2.24) is 9.36 Å². The second kappa shape index (κ2) is 9.88. The Morgan fingerprint density at radius 3 is 2.90 bits per heavy atom. The lowest BCUT2D eigenvalue weighted by molar-refractivity contribution is -0.384. The summed E-state index contributed by atoms with van der Waals surface area (Å²) in [4.78, 5) is 27.4. The van der Waals surface area contributed by atoms with E-state index in [1.807, 2.05) is 6.07 Å². The molecule has 3 rings (SSSR count). The van der Waals surface area contributed by atoms with Crippen molar-refractivity contribution < 1.29 is 18.9 Å². The Hall–Kier alpha value is -3.69. The molecule has 1 aromatic carbocycles. The molecule has 2 aromatic heterocycles. The van der Waals surface area contributed by atoms with Crippen molar-refractivity contribution >= 4 is 46.1 Å². The average Bonchev–Trinajstić information content (AvgIpc) is 3.41. The highest BCUT2D eigenvalue weighted by Crippen LogP contribution is 2.34. The number of furan rings is 1. The molecule has 2 heterocycles. The number of benzene rings is 1. The van der Waals surface area contributed by atoms with Gasteiger partial charge in [0.25, 0.3) is 11.6 Å². The zero-order valence-corrected chi connectivity index (χ0v) is 18.0. The first-order valence-electron chi connectivity index (χ1n) is 8.77. The van der Waals surface area contributed by atoms with Crippen LogP contribution >= 0.6 is 23.3 Å². The summed E-state index contributed by atoms with van der Waals surface area (Å²) in [5, 5.41) is 24.1. The van der Waals surface area contributed by atoms with Gasteiger partial charge in [0.1, 0.15) is 28.9 Å². The lowest BCUT2D eigenvalue weighted by Crippen LogP contribution is -2.13. The van der Waals surface area contributed by atoms with Gasteiger partial charge < -0.3 is 9.15 Å². The number of ether oxygens (including phenoxy) is 1. The molecular formula is C19H15N5O5S2. The van der Waals surface area contributed by atoms with Gasteiger partial charge in [-0.2, -0.15) is 14.6 Å². The largest absolute Gasteiger partial charge is 0.494 e. The lowest BCUT2D eigenvalue weighted by Gasteiger charge is -2.05. The van der Waals surface area contributed by atoms with Crippen LogP contribution in [0.15, 0.2) is 45.5 Å². The second-order valence-corrected chi connectivity index (χ2v) is 7.31. The number of thioether (sulfide) groups is 1. The Morgan fingerprint density at radius 2 is 2.26 bits per heavy atom. The third-order valence-electron chi connectivity index (χ3n) is 3.83. The molecule has 0 aliphatic rings. The Labute approximate surface area is 184 Å². The minimum absolute atomic E-state index is 0.185. The number of amides is 1. The van der Waals surface area contributed by atoms with Crippen molar-refractivity contribution in [2.75, 3.05) is 18.2 Å². The number of nitrogens with zero attached hydrogens (tertiary/aromatic N) is 4. The van der Waals surface area contributed by atoms with E-state index in [4.69, 9.17) is 9.15 Å². The zero-order valence-electron chi connectivity index (χ0n) is 16.3. The SMILES string of the molecule is CCOc1ccc(-c2ccc(/C=C(/C#N)C(=O)Nc3nc(SC)ns3)o2)c([N+](=O)[O-])c1. The summed E-state index contributed by atoms with van der Waals surface area (Å²) < 4.78 is 15.0. The Morgan fingerprint density at radius 1 is 1.45 bits per heavy atom. The van der Waals surface area contributed by atoms with Crippen molar-refractivity contribution in [1.29, 1.82) is 5.26 Å². The van der Waals surface area contributed by atoms with Crippen LogP contribution in [0.4, 0.5) is 10.8 Å². The van der Waals surface area contributed by atoms with Gasteiger partial charge in [-0.1, -0.05) is 11.8 Å². The Bertz CT molecular complexity index is 1190. The fourth-order valence-corrected chi connectivity index (χ4v) is 3.62. The number of nitro benzene ring substituents is 1. The highest BCUT2D eigenvalue weighted by molar-refractivity contribution is 7.98. The van der Waals surface area contributed by atoms with Gasteiger partial charge >= 0.3 is 0 Å². The topological polar surface area (TPSA) is 144 Å². The predicted octanol–water partition coefficient (Wildman–Crippen LogP) is 4.37. The summed E-state index contributed by atoms with van der Waals surface area (Å²) in [7, 11) is 0. The molecule has 0 atom stereocenters. The number of carbonyl (C=O) groups is 1. The van der Waals surface area contributed by atoms with Gasteiger partial charge in [0.15, 0.2) is 0 Å². The van der Waals surface area contributed by atoms with Crippen molar-refractivity contribution in [2.24, 2.45) is 0 Å². The molecule has 0 saturated carbocycles. The van der Waals surface area contributed by atoms with Gasteiger partial charge in [0, 0.05) is 17.6 Å². The van der Waals surface area contributed by atoms with Gasteiger partial charge in [-0.05, 0) is 37.4 Å². The van der Waals surface area contributed by atoms with E-state index in [1.54, 1.807) is 19.2 Å². The lowest BCUT2D eigenvalue weighted by atomic mass is 10.1. The van der Waals surface area contributed by atoms with Crippen molar-refractivity contribution in [3.63, 3.8) is 0 Å². The van der Waals surface area contributed by atoms with Crippen molar-refractivity contribution in [2.45, 2.75) is 12.1 Å². The van der Waals surface area contributed by atoms with E-state index in [1.165, 1.54) is 42.1 Å². The summed E-state index contributed by atoms with van der Waals surface area (Å²) in [5.74, 6) is 0.102. The fourth-order valence-electron chi connectivity index (χ4n) is 2.50. The van der Waals surface area contributed by atoms with Crippen LogP contribution in [0.3, 0.4) is 0 Å². The maximum absolute atomic E-state index is 12.4.